The summed E-state index contributed by atoms with van der Waals surface area (Å²) in [5.74, 6) is 0.840. The normalized spacial score (nSPS) is 11.9. The molecule has 1 heterocycles. The van der Waals surface area contributed by atoms with Crippen LogP contribution >= 0.6 is 0 Å². The lowest BCUT2D eigenvalue weighted by atomic mass is 10.1. The minimum atomic E-state index is 0.763. The highest BCUT2D eigenvalue weighted by molar-refractivity contribution is 5.86. The van der Waals surface area contributed by atoms with Gasteiger partial charge in [0.1, 0.15) is 0 Å². The number of methoxy groups -OCH3 is 1. The molecule has 22 heavy (non-hydrogen) atoms. The van der Waals surface area contributed by atoms with Crippen molar-refractivity contribution in [2.75, 3.05) is 33.9 Å². The van der Waals surface area contributed by atoms with Crippen molar-refractivity contribution in [2.45, 2.75) is 19.8 Å². The number of rotatable bonds is 7. The van der Waals surface area contributed by atoms with E-state index >= 15 is 0 Å². The van der Waals surface area contributed by atoms with E-state index in [9.17, 15) is 0 Å². The van der Waals surface area contributed by atoms with E-state index in [1.165, 1.54) is 22.0 Å². The van der Waals surface area contributed by atoms with Gasteiger partial charge in [0, 0.05) is 51.0 Å². The second-order valence-corrected chi connectivity index (χ2v) is 5.33. The van der Waals surface area contributed by atoms with Crippen molar-refractivity contribution in [3.63, 3.8) is 0 Å². The van der Waals surface area contributed by atoms with Gasteiger partial charge in [-0.1, -0.05) is 12.1 Å². The summed E-state index contributed by atoms with van der Waals surface area (Å²) in [5.41, 5.74) is 3.86. The molecule has 1 aromatic carbocycles. The number of H-pyrrole nitrogens is 1. The molecule has 0 radical (unpaired) electrons. The van der Waals surface area contributed by atoms with E-state index in [4.69, 9.17) is 4.74 Å². The SMILES string of the molecule is CN=C(NCCCOC)NCCc1c[nH]c2cccc(C)c12. The second-order valence-electron chi connectivity index (χ2n) is 5.33. The van der Waals surface area contributed by atoms with Crippen LogP contribution in [0.2, 0.25) is 0 Å². The van der Waals surface area contributed by atoms with Gasteiger partial charge in [-0.25, -0.2) is 0 Å². The molecule has 0 saturated heterocycles. The van der Waals surface area contributed by atoms with Crippen LogP contribution in [0.25, 0.3) is 10.9 Å². The van der Waals surface area contributed by atoms with E-state index in [0.717, 1.165) is 38.5 Å². The number of aryl methyl sites for hydroxylation is 1. The third-order valence-corrected chi connectivity index (χ3v) is 3.72. The van der Waals surface area contributed by atoms with Crippen molar-refractivity contribution in [3.8, 4) is 0 Å². The molecule has 0 spiro atoms. The number of benzene rings is 1. The van der Waals surface area contributed by atoms with Crippen LogP contribution in [0.15, 0.2) is 29.4 Å². The number of ether oxygens (including phenoxy) is 1. The van der Waals surface area contributed by atoms with Gasteiger partial charge in [0.2, 0.25) is 0 Å². The molecule has 2 aromatic rings. The van der Waals surface area contributed by atoms with Gasteiger partial charge in [0.05, 0.1) is 0 Å². The summed E-state index contributed by atoms with van der Waals surface area (Å²) >= 11 is 0. The molecule has 0 aliphatic rings. The Balaban J connectivity index is 1.84. The third-order valence-electron chi connectivity index (χ3n) is 3.72. The fraction of sp³-hybridized carbons (Fsp3) is 0.471. The molecule has 1 aromatic heterocycles. The largest absolute Gasteiger partial charge is 0.385 e. The Morgan fingerprint density at radius 3 is 2.86 bits per heavy atom. The van der Waals surface area contributed by atoms with Gasteiger partial charge in [-0.2, -0.15) is 0 Å². The van der Waals surface area contributed by atoms with Crippen LogP contribution < -0.4 is 10.6 Å². The molecule has 0 atom stereocenters. The van der Waals surface area contributed by atoms with Gasteiger partial charge >= 0.3 is 0 Å². The summed E-state index contributed by atoms with van der Waals surface area (Å²) in [5, 5.41) is 7.98. The summed E-state index contributed by atoms with van der Waals surface area (Å²) in [4.78, 5) is 7.57. The number of aliphatic imine (C=N–C) groups is 1. The van der Waals surface area contributed by atoms with Gasteiger partial charge in [0.15, 0.2) is 5.96 Å². The molecule has 0 bridgehead atoms. The Hall–Kier alpha value is -2.01. The Morgan fingerprint density at radius 2 is 2.09 bits per heavy atom. The summed E-state index contributed by atoms with van der Waals surface area (Å²) in [6.07, 6.45) is 4.04. The van der Waals surface area contributed by atoms with Gasteiger partial charge in [0.25, 0.3) is 0 Å². The fourth-order valence-electron chi connectivity index (χ4n) is 2.61. The van der Waals surface area contributed by atoms with E-state index in [1.54, 1.807) is 14.2 Å². The summed E-state index contributed by atoms with van der Waals surface area (Å²) < 4.78 is 5.04. The van der Waals surface area contributed by atoms with Crippen molar-refractivity contribution in [1.82, 2.24) is 15.6 Å². The van der Waals surface area contributed by atoms with Gasteiger partial charge in [-0.15, -0.1) is 0 Å². The van der Waals surface area contributed by atoms with E-state index in [-0.39, 0.29) is 0 Å². The van der Waals surface area contributed by atoms with Crippen LogP contribution in [0.3, 0.4) is 0 Å². The van der Waals surface area contributed by atoms with Crippen molar-refractivity contribution in [1.29, 1.82) is 0 Å². The number of hydrogen-bond donors (Lipinski definition) is 3. The Morgan fingerprint density at radius 1 is 1.27 bits per heavy atom. The third kappa shape index (κ3) is 4.24. The number of aromatic nitrogens is 1. The number of fused-ring (bicyclic) bond motifs is 1. The quantitative estimate of drug-likeness (QED) is 0.417. The van der Waals surface area contributed by atoms with Crippen LogP contribution in [-0.4, -0.2) is 44.8 Å². The van der Waals surface area contributed by atoms with Crippen LogP contribution in [0.1, 0.15) is 17.5 Å². The summed E-state index contributed by atoms with van der Waals surface area (Å²) in [6.45, 7) is 4.63. The number of nitrogens with one attached hydrogen (secondary N) is 3. The monoisotopic (exact) mass is 302 g/mol. The van der Waals surface area contributed by atoms with Crippen molar-refractivity contribution in [3.05, 3.63) is 35.5 Å². The van der Waals surface area contributed by atoms with Crippen molar-refractivity contribution < 1.29 is 4.74 Å². The first-order chi connectivity index (χ1) is 10.8. The first-order valence-corrected chi connectivity index (χ1v) is 7.75. The highest BCUT2D eigenvalue weighted by Gasteiger charge is 2.06. The van der Waals surface area contributed by atoms with Crippen LogP contribution in [-0.2, 0) is 11.2 Å². The maximum absolute atomic E-state index is 5.04. The molecule has 0 amide bonds. The highest BCUT2D eigenvalue weighted by Crippen LogP contribution is 2.22. The first-order valence-electron chi connectivity index (χ1n) is 7.75. The van der Waals surface area contributed by atoms with E-state index in [0.29, 0.717) is 0 Å². The second kappa shape index (κ2) is 8.44. The lowest BCUT2D eigenvalue weighted by molar-refractivity contribution is 0.195. The molecule has 0 unspecified atom stereocenters. The number of guanidine groups is 1. The average Bonchev–Trinajstić information content (AvgIpc) is 2.94. The molecule has 5 heteroatoms. The Labute approximate surface area is 132 Å². The lowest BCUT2D eigenvalue weighted by Crippen LogP contribution is -2.38. The molecule has 0 saturated carbocycles. The maximum atomic E-state index is 5.04. The van der Waals surface area contributed by atoms with Crippen molar-refractivity contribution >= 4 is 16.9 Å². The average molecular weight is 302 g/mol. The van der Waals surface area contributed by atoms with Gasteiger partial charge < -0.3 is 20.4 Å². The molecule has 0 fully saturated rings. The molecule has 0 aliphatic heterocycles. The van der Waals surface area contributed by atoms with Gasteiger partial charge in [-0.05, 0) is 37.0 Å². The van der Waals surface area contributed by atoms with Crippen LogP contribution in [0, 0.1) is 6.92 Å². The zero-order chi connectivity index (χ0) is 15.8. The fourth-order valence-corrected chi connectivity index (χ4v) is 2.61. The Bertz CT molecular complexity index is 618. The zero-order valence-electron chi connectivity index (χ0n) is 13.7. The van der Waals surface area contributed by atoms with E-state index in [1.807, 2.05) is 0 Å². The zero-order valence-corrected chi connectivity index (χ0v) is 13.7. The molecule has 5 nitrogen and oxygen atoms in total. The molecular formula is C17H26N4O. The smallest absolute Gasteiger partial charge is 0.190 e. The van der Waals surface area contributed by atoms with E-state index in [2.05, 4.69) is 51.9 Å². The van der Waals surface area contributed by atoms with Gasteiger partial charge in [-0.3, -0.25) is 4.99 Å². The molecular weight excluding hydrogens is 276 g/mol. The molecule has 120 valence electrons. The number of aromatic amines is 1. The summed E-state index contributed by atoms with van der Waals surface area (Å²) in [7, 11) is 3.51. The molecule has 0 aliphatic carbocycles. The molecule has 2 rings (SSSR count). The number of nitrogens with zero attached hydrogens (tertiary/aromatic N) is 1. The number of hydrogen-bond acceptors (Lipinski definition) is 2. The first kappa shape index (κ1) is 16.4. The predicted octanol–water partition coefficient (Wildman–Crippen LogP) is 2.22. The predicted molar refractivity (Wildman–Crippen MR) is 92.6 cm³/mol. The minimum absolute atomic E-state index is 0.763. The topological polar surface area (TPSA) is 61.4 Å². The minimum Gasteiger partial charge on any atom is -0.385 e. The van der Waals surface area contributed by atoms with Crippen LogP contribution in [0.5, 0.6) is 0 Å². The van der Waals surface area contributed by atoms with Crippen molar-refractivity contribution in [2.24, 2.45) is 4.99 Å². The summed E-state index contributed by atoms with van der Waals surface area (Å²) in [6, 6.07) is 6.36. The van der Waals surface area contributed by atoms with Crippen LogP contribution in [0.4, 0.5) is 0 Å². The Kier molecular flexibility index (Phi) is 6.27. The standard InChI is InChI=1S/C17H26N4O/c1-13-6-4-7-15-16(13)14(12-21-15)8-10-20-17(18-2)19-9-5-11-22-3/h4,6-7,12,21H,5,8-11H2,1-3H3,(H2,18,19,20). The highest BCUT2D eigenvalue weighted by atomic mass is 16.5. The lowest BCUT2D eigenvalue weighted by Gasteiger charge is -2.11. The van der Waals surface area contributed by atoms with E-state index < -0.39 is 0 Å². The molecule has 3 N–H and O–H groups in total. The maximum Gasteiger partial charge on any atom is 0.190 e.